The number of nitrogens with one attached hydrogen (secondary N) is 1. The van der Waals surface area contributed by atoms with Crippen LogP contribution in [0, 0.1) is 13.8 Å². The Morgan fingerprint density at radius 3 is 2.47 bits per heavy atom. The minimum absolute atomic E-state index is 0.112. The number of sulfone groups is 1. The fourth-order valence-electron chi connectivity index (χ4n) is 1.44. The van der Waals surface area contributed by atoms with Gasteiger partial charge in [-0.1, -0.05) is 13.3 Å². The Balaban J connectivity index is 2.77. The molecule has 0 radical (unpaired) electrons. The van der Waals surface area contributed by atoms with E-state index in [0.717, 1.165) is 29.8 Å². The van der Waals surface area contributed by atoms with Crippen LogP contribution in [0.3, 0.4) is 0 Å². The summed E-state index contributed by atoms with van der Waals surface area (Å²) in [6.45, 7) is 5.67. The highest BCUT2D eigenvalue weighted by atomic mass is 32.2. The lowest BCUT2D eigenvalue weighted by molar-refractivity contribution is 0.591. The van der Waals surface area contributed by atoms with E-state index in [1.807, 2.05) is 20.8 Å². The summed E-state index contributed by atoms with van der Waals surface area (Å²) < 4.78 is 23.4. The van der Waals surface area contributed by atoms with Gasteiger partial charge in [0.25, 0.3) is 0 Å². The Labute approximate surface area is 91.0 Å². The molecule has 0 unspecified atom stereocenters. The van der Waals surface area contributed by atoms with Crippen LogP contribution < -0.4 is 0 Å². The van der Waals surface area contributed by atoms with Crippen LogP contribution in [0.1, 0.15) is 36.7 Å². The molecule has 0 fully saturated rings. The van der Waals surface area contributed by atoms with E-state index in [9.17, 15) is 8.42 Å². The first kappa shape index (κ1) is 12.2. The normalized spacial score (nSPS) is 11.9. The molecule has 0 aliphatic rings. The van der Waals surface area contributed by atoms with Gasteiger partial charge in [0, 0.05) is 11.3 Å². The first-order chi connectivity index (χ1) is 6.96. The third-order valence-electron chi connectivity index (χ3n) is 2.45. The Kier molecular flexibility index (Phi) is 3.90. The van der Waals surface area contributed by atoms with E-state index in [4.69, 9.17) is 0 Å². The molecule has 15 heavy (non-hydrogen) atoms. The van der Waals surface area contributed by atoms with Gasteiger partial charge in [-0.15, -0.1) is 0 Å². The average Bonchev–Trinajstić information content (AvgIpc) is 2.46. The molecule has 0 aliphatic heterocycles. The molecule has 0 aromatic carbocycles. The van der Waals surface area contributed by atoms with Crippen molar-refractivity contribution in [1.82, 2.24) is 10.2 Å². The molecule has 4 nitrogen and oxygen atoms in total. The van der Waals surface area contributed by atoms with Gasteiger partial charge in [0.15, 0.2) is 9.84 Å². The zero-order valence-corrected chi connectivity index (χ0v) is 10.3. The summed E-state index contributed by atoms with van der Waals surface area (Å²) in [5.74, 6) is 0.384. The van der Waals surface area contributed by atoms with Gasteiger partial charge in [0.2, 0.25) is 0 Å². The monoisotopic (exact) mass is 230 g/mol. The first-order valence-electron chi connectivity index (χ1n) is 5.17. The van der Waals surface area contributed by atoms with Gasteiger partial charge in [0.1, 0.15) is 0 Å². The summed E-state index contributed by atoms with van der Waals surface area (Å²) in [6.07, 6.45) is 1.64. The highest BCUT2D eigenvalue weighted by molar-refractivity contribution is 7.90. The number of hydrogen-bond acceptors (Lipinski definition) is 3. The van der Waals surface area contributed by atoms with Gasteiger partial charge in [-0.2, -0.15) is 5.10 Å². The van der Waals surface area contributed by atoms with E-state index < -0.39 is 9.84 Å². The van der Waals surface area contributed by atoms with Crippen LogP contribution in [0.5, 0.6) is 0 Å². The Bertz CT molecular complexity index is 401. The fraction of sp³-hybridized carbons (Fsp3) is 0.700. The standard InChI is InChI=1S/C10H18N2O2S/c1-4-5-6-15(13,14)7-10-8(2)11-12-9(10)3/h4-7H2,1-3H3,(H,11,12). The summed E-state index contributed by atoms with van der Waals surface area (Å²) >= 11 is 0. The maximum Gasteiger partial charge on any atom is 0.154 e. The molecule has 1 aromatic rings. The molecule has 0 saturated heterocycles. The lowest BCUT2D eigenvalue weighted by Crippen LogP contribution is -2.10. The lowest BCUT2D eigenvalue weighted by Gasteiger charge is -2.03. The van der Waals surface area contributed by atoms with Gasteiger partial charge in [-0.25, -0.2) is 8.42 Å². The number of rotatable bonds is 5. The van der Waals surface area contributed by atoms with Crippen molar-refractivity contribution in [3.63, 3.8) is 0 Å². The second-order valence-corrected chi connectivity index (χ2v) is 6.04. The maximum absolute atomic E-state index is 11.7. The van der Waals surface area contributed by atoms with Gasteiger partial charge in [0.05, 0.1) is 17.2 Å². The molecule has 1 heterocycles. The number of unbranched alkanes of at least 4 members (excludes halogenated alkanes) is 1. The molecular formula is C10H18N2O2S. The van der Waals surface area contributed by atoms with Crippen LogP contribution in [0.15, 0.2) is 0 Å². The summed E-state index contributed by atoms with van der Waals surface area (Å²) in [5, 5.41) is 6.79. The van der Waals surface area contributed by atoms with E-state index in [0.29, 0.717) is 0 Å². The van der Waals surface area contributed by atoms with E-state index >= 15 is 0 Å². The van der Waals surface area contributed by atoms with Gasteiger partial charge in [-0.05, 0) is 20.3 Å². The number of aromatic nitrogens is 2. The molecule has 1 N–H and O–H groups in total. The van der Waals surface area contributed by atoms with Crippen molar-refractivity contribution in [2.45, 2.75) is 39.4 Å². The van der Waals surface area contributed by atoms with Crippen LogP contribution in [-0.2, 0) is 15.6 Å². The van der Waals surface area contributed by atoms with Crippen molar-refractivity contribution in [2.24, 2.45) is 0 Å². The number of aryl methyl sites for hydroxylation is 2. The molecule has 0 saturated carbocycles. The third kappa shape index (κ3) is 3.34. The predicted molar refractivity (Wildman–Crippen MR) is 60.5 cm³/mol. The lowest BCUT2D eigenvalue weighted by atomic mass is 10.2. The molecule has 1 aromatic heterocycles. The largest absolute Gasteiger partial charge is 0.282 e. The Morgan fingerprint density at radius 2 is 2.00 bits per heavy atom. The summed E-state index contributed by atoms with van der Waals surface area (Å²) in [6, 6.07) is 0. The maximum atomic E-state index is 11.7. The van der Waals surface area contributed by atoms with Crippen molar-refractivity contribution in [3.8, 4) is 0 Å². The van der Waals surface area contributed by atoms with Gasteiger partial charge >= 0.3 is 0 Å². The van der Waals surface area contributed by atoms with E-state index in [1.165, 1.54) is 0 Å². The Morgan fingerprint density at radius 1 is 1.33 bits per heavy atom. The molecular weight excluding hydrogens is 212 g/mol. The number of hydrogen-bond donors (Lipinski definition) is 1. The van der Waals surface area contributed by atoms with Crippen molar-refractivity contribution in [2.75, 3.05) is 5.75 Å². The van der Waals surface area contributed by atoms with Crippen molar-refractivity contribution < 1.29 is 8.42 Å². The van der Waals surface area contributed by atoms with Crippen LogP contribution >= 0.6 is 0 Å². The smallest absolute Gasteiger partial charge is 0.154 e. The minimum atomic E-state index is -2.97. The second kappa shape index (κ2) is 4.79. The quantitative estimate of drug-likeness (QED) is 0.838. The molecule has 0 amide bonds. The van der Waals surface area contributed by atoms with Crippen molar-refractivity contribution >= 4 is 9.84 Å². The van der Waals surface area contributed by atoms with Crippen LogP contribution in [0.4, 0.5) is 0 Å². The zero-order valence-electron chi connectivity index (χ0n) is 9.50. The SMILES string of the molecule is CCCCS(=O)(=O)Cc1c(C)n[nH]c1C. The highest BCUT2D eigenvalue weighted by Gasteiger charge is 2.16. The van der Waals surface area contributed by atoms with Crippen LogP contribution in [0.2, 0.25) is 0 Å². The fourth-order valence-corrected chi connectivity index (χ4v) is 3.18. The van der Waals surface area contributed by atoms with Crippen molar-refractivity contribution in [1.29, 1.82) is 0 Å². The van der Waals surface area contributed by atoms with Crippen LogP contribution in [-0.4, -0.2) is 24.4 Å². The number of H-pyrrole nitrogens is 1. The van der Waals surface area contributed by atoms with E-state index in [1.54, 1.807) is 0 Å². The van der Waals surface area contributed by atoms with E-state index in [2.05, 4.69) is 10.2 Å². The van der Waals surface area contributed by atoms with Crippen molar-refractivity contribution in [3.05, 3.63) is 17.0 Å². The average molecular weight is 230 g/mol. The summed E-state index contributed by atoms with van der Waals surface area (Å²) in [4.78, 5) is 0. The molecule has 5 heteroatoms. The predicted octanol–water partition coefficient (Wildman–Crippen LogP) is 1.74. The van der Waals surface area contributed by atoms with E-state index in [-0.39, 0.29) is 11.5 Å². The molecule has 0 bridgehead atoms. The van der Waals surface area contributed by atoms with Crippen LogP contribution in [0.25, 0.3) is 0 Å². The Hall–Kier alpha value is -0.840. The third-order valence-corrected chi connectivity index (χ3v) is 4.09. The highest BCUT2D eigenvalue weighted by Crippen LogP contribution is 2.14. The number of aromatic amines is 1. The summed E-state index contributed by atoms with van der Waals surface area (Å²) in [7, 11) is -2.97. The topological polar surface area (TPSA) is 62.8 Å². The molecule has 0 spiro atoms. The summed E-state index contributed by atoms with van der Waals surface area (Å²) in [5.41, 5.74) is 2.46. The van der Waals surface area contributed by atoms with Gasteiger partial charge < -0.3 is 0 Å². The second-order valence-electron chi connectivity index (χ2n) is 3.86. The number of nitrogens with zero attached hydrogens (tertiary/aromatic N) is 1. The minimum Gasteiger partial charge on any atom is -0.282 e. The zero-order chi connectivity index (χ0) is 11.5. The molecule has 86 valence electrons. The first-order valence-corrected chi connectivity index (χ1v) is 6.99. The molecule has 0 aliphatic carbocycles. The molecule has 1 rings (SSSR count). The van der Waals surface area contributed by atoms with Gasteiger partial charge in [-0.3, -0.25) is 5.10 Å². The molecule has 0 atom stereocenters.